The Morgan fingerprint density at radius 3 is 2.29 bits per heavy atom. The molecule has 4 aromatic rings. The molecule has 1 heterocycles. The minimum absolute atomic E-state index is 0.130. The Morgan fingerprint density at radius 1 is 0.952 bits per heavy atom. The van der Waals surface area contributed by atoms with Crippen molar-refractivity contribution < 1.29 is 28.9 Å². The number of nitrogens with zero attached hydrogens (tertiary/aromatic N) is 1. The third-order valence-electron chi connectivity index (χ3n) is 5.88. The monoisotopic (exact) mass is 591 g/mol. The molecule has 0 aliphatic heterocycles. The highest BCUT2D eigenvalue weighted by Crippen LogP contribution is 2.31. The fourth-order valence-corrected chi connectivity index (χ4v) is 4.61. The van der Waals surface area contributed by atoms with Crippen LogP contribution in [0.3, 0.4) is 0 Å². The number of carbonyl (C=O) groups excluding carboxylic acids is 2. The van der Waals surface area contributed by atoms with Crippen LogP contribution in [-0.2, 0) is 22.6 Å². The van der Waals surface area contributed by atoms with Gasteiger partial charge in [-0.3, -0.25) is 19.5 Å². The lowest BCUT2D eigenvalue weighted by Gasteiger charge is -2.26. The molecule has 10 nitrogen and oxygen atoms in total. The summed E-state index contributed by atoms with van der Waals surface area (Å²) in [5.41, 5.74) is 1.91. The van der Waals surface area contributed by atoms with Gasteiger partial charge >= 0.3 is 11.0 Å². The first-order valence-corrected chi connectivity index (χ1v) is 14.0. The molecule has 3 aromatic carbocycles. The number of benzene rings is 3. The molecular weight excluding hydrogens is 558 g/mol. The van der Waals surface area contributed by atoms with Gasteiger partial charge in [0.15, 0.2) is 6.61 Å². The molecule has 42 heavy (non-hydrogen) atoms. The van der Waals surface area contributed by atoms with Crippen molar-refractivity contribution in [3.05, 3.63) is 98.5 Å². The zero-order valence-corrected chi connectivity index (χ0v) is 24.6. The predicted molar refractivity (Wildman–Crippen MR) is 162 cm³/mol. The van der Waals surface area contributed by atoms with E-state index in [0.717, 1.165) is 22.5 Å². The van der Waals surface area contributed by atoms with Gasteiger partial charge in [-0.15, -0.1) is 0 Å². The second-order valence-corrected chi connectivity index (χ2v) is 11.5. The number of anilines is 2. The van der Waals surface area contributed by atoms with E-state index in [-0.39, 0.29) is 17.4 Å². The van der Waals surface area contributed by atoms with Crippen molar-refractivity contribution >= 4 is 34.7 Å². The molecule has 4 rings (SSSR count). The zero-order valence-electron chi connectivity index (χ0n) is 23.8. The van der Waals surface area contributed by atoms with Crippen LogP contribution in [0.5, 0.6) is 17.4 Å². The predicted octanol–water partition coefficient (Wildman–Crippen LogP) is 5.70. The highest BCUT2D eigenvalue weighted by molar-refractivity contribution is 7.09. The zero-order chi connectivity index (χ0) is 30.3. The quantitative estimate of drug-likeness (QED) is 0.216. The maximum Gasteiger partial charge on any atom is 0.414 e. The van der Waals surface area contributed by atoms with Gasteiger partial charge in [0.1, 0.15) is 23.7 Å². The van der Waals surface area contributed by atoms with Gasteiger partial charge in [-0.25, -0.2) is 4.79 Å². The third kappa shape index (κ3) is 8.61. The van der Waals surface area contributed by atoms with Gasteiger partial charge in [0.05, 0.1) is 16.3 Å². The van der Waals surface area contributed by atoms with Crippen molar-refractivity contribution in [1.82, 2.24) is 4.98 Å². The maximum absolute atomic E-state index is 12.9. The highest BCUT2D eigenvalue weighted by Gasteiger charge is 2.23. The molecule has 1 aromatic heterocycles. The van der Waals surface area contributed by atoms with Crippen LogP contribution >= 0.6 is 11.3 Å². The second-order valence-electron chi connectivity index (χ2n) is 10.4. The standard InChI is InChI=1S/C31H33N3O7S/c1-31(2,3)41-30(38)34(4)25-17-23(39-18-21-8-6-5-7-9-21)14-15-24(25)32-27(35)19-40-22-12-10-20(11-13-22)16-26-28(36)33-29(37)42-26/h5-15,17,36H,16,18-19H2,1-4H3,(H,32,35)(H,33,37). The van der Waals surface area contributed by atoms with Gasteiger partial charge in [-0.2, -0.15) is 0 Å². The Hall–Kier alpha value is -4.77. The van der Waals surface area contributed by atoms with E-state index in [2.05, 4.69) is 10.3 Å². The summed E-state index contributed by atoms with van der Waals surface area (Å²) < 4.78 is 17.1. The number of rotatable bonds is 10. The molecule has 0 radical (unpaired) electrons. The molecule has 11 heteroatoms. The number of H-pyrrole nitrogens is 1. The van der Waals surface area contributed by atoms with Gasteiger partial charge in [-0.1, -0.05) is 53.8 Å². The fourth-order valence-electron chi connectivity index (χ4n) is 3.85. The Balaban J connectivity index is 1.42. The molecule has 0 fully saturated rings. The van der Waals surface area contributed by atoms with E-state index in [1.807, 2.05) is 30.3 Å². The molecule has 220 valence electrons. The molecule has 0 aliphatic carbocycles. The van der Waals surface area contributed by atoms with E-state index in [1.165, 1.54) is 4.90 Å². The summed E-state index contributed by atoms with van der Waals surface area (Å²) in [7, 11) is 1.56. The lowest BCUT2D eigenvalue weighted by Crippen LogP contribution is -2.34. The van der Waals surface area contributed by atoms with E-state index >= 15 is 0 Å². The van der Waals surface area contributed by atoms with Crippen molar-refractivity contribution in [2.24, 2.45) is 0 Å². The maximum atomic E-state index is 12.9. The minimum Gasteiger partial charge on any atom is -0.494 e. The fraction of sp³-hybridized carbons (Fsp3) is 0.258. The number of thiazole rings is 1. The average molecular weight is 592 g/mol. The number of aromatic nitrogens is 1. The molecule has 2 amide bonds. The third-order valence-corrected chi connectivity index (χ3v) is 6.75. The molecule has 0 unspecified atom stereocenters. The Labute approximate surface area is 247 Å². The summed E-state index contributed by atoms with van der Waals surface area (Å²) in [6.07, 6.45) is -0.204. The largest absolute Gasteiger partial charge is 0.494 e. The number of aromatic hydroxyl groups is 1. The van der Waals surface area contributed by atoms with Crippen molar-refractivity contribution in [3.8, 4) is 17.4 Å². The lowest BCUT2D eigenvalue weighted by atomic mass is 10.1. The molecule has 0 saturated heterocycles. The highest BCUT2D eigenvalue weighted by atomic mass is 32.1. The second kappa shape index (κ2) is 13.3. The number of hydrogen-bond donors (Lipinski definition) is 3. The smallest absolute Gasteiger partial charge is 0.414 e. The van der Waals surface area contributed by atoms with E-state index < -0.39 is 17.6 Å². The Kier molecular flexibility index (Phi) is 9.53. The van der Waals surface area contributed by atoms with Gasteiger partial charge in [0.2, 0.25) is 5.88 Å². The van der Waals surface area contributed by atoms with Crippen molar-refractivity contribution in [1.29, 1.82) is 0 Å². The lowest BCUT2D eigenvalue weighted by molar-refractivity contribution is -0.118. The van der Waals surface area contributed by atoms with E-state index in [9.17, 15) is 19.5 Å². The van der Waals surface area contributed by atoms with E-state index in [4.69, 9.17) is 14.2 Å². The molecule has 3 N–H and O–H groups in total. The van der Waals surface area contributed by atoms with Crippen LogP contribution < -0.4 is 24.6 Å². The van der Waals surface area contributed by atoms with Crippen LogP contribution in [0, 0.1) is 0 Å². The number of ether oxygens (including phenoxy) is 3. The van der Waals surface area contributed by atoms with Gasteiger partial charge in [0.25, 0.3) is 5.91 Å². The summed E-state index contributed by atoms with van der Waals surface area (Å²) in [5.74, 6) is 0.419. The molecule has 0 aliphatic rings. The summed E-state index contributed by atoms with van der Waals surface area (Å²) >= 11 is 0.953. The first-order chi connectivity index (χ1) is 20.0. The molecule has 0 atom stereocenters. The van der Waals surface area contributed by atoms with Gasteiger partial charge < -0.3 is 24.6 Å². The van der Waals surface area contributed by atoms with Crippen LogP contribution in [0.1, 0.15) is 36.8 Å². The summed E-state index contributed by atoms with van der Waals surface area (Å²) in [4.78, 5) is 41.0. The first kappa shape index (κ1) is 30.2. The van der Waals surface area contributed by atoms with E-state index in [1.54, 1.807) is 70.3 Å². The molecule has 0 saturated carbocycles. The molecular formula is C31H33N3O7S. The normalized spacial score (nSPS) is 11.0. The van der Waals surface area contributed by atoms with Gasteiger partial charge in [-0.05, 0) is 56.2 Å². The Bertz CT molecular complexity index is 1570. The number of hydrogen-bond acceptors (Lipinski definition) is 8. The summed E-state index contributed by atoms with van der Waals surface area (Å²) in [6, 6.07) is 21.7. The number of nitrogens with one attached hydrogen (secondary N) is 2. The van der Waals surface area contributed by atoms with E-state index in [0.29, 0.717) is 40.8 Å². The minimum atomic E-state index is -0.707. The SMILES string of the molecule is CN(C(=O)OC(C)(C)C)c1cc(OCc2ccccc2)ccc1NC(=O)COc1ccc(Cc2sc(=O)[nH]c2O)cc1. The molecule has 0 bridgehead atoms. The van der Waals surface area contributed by atoms with Crippen LogP contribution in [0.15, 0.2) is 77.6 Å². The summed E-state index contributed by atoms with van der Waals surface area (Å²) in [5, 5.41) is 12.6. The van der Waals surface area contributed by atoms with Crippen molar-refractivity contribution in [3.63, 3.8) is 0 Å². The number of carbonyl (C=O) groups is 2. The van der Waals surface area contributed by atoms with Crippen molar-refractivity contribution in [2.45, 2.75) is 39.4 Å². The summed E-state index contributed by atoms with van der Waals surface area (Å²) in [6.45, 7) is 5.38. The molecule has 0 spiro atoms. The Morgan fingerprint density at radius 2 is 1.64 bits per heavy atom. The van der Waals surface area contributed by atoms with Crippen LogP contribution in [-0.4, -0.2) is 41.3 Å². The average Bonchev–Trinajstić information content (AvgIpc) is 3.27. The van der Waals surface area contributed by atoms with Crippen molar-refractivity contribution in [2.75, 3.05) is 23.9 Å². The van der Waals surface area contributed by atoms with Gasteiger partial charge in [0, 0.05) is 19.5 Å². The number of aromatic amines is 1. The van der Waals surface area contributed by atoms with Crippen LogP contribution in [0.25, 0.3) is 0 Å². The first-order valence-electron chi connectivity index (χ1n) is 13.2. The van der Waals surface area contributed by atoms with Crippen LogP contribution in [0.2, 0.25) is 0 Å². The van der Waals surface area contributed by atoms with Crippen LogP contribution in [0.4, 0.5) is 16.2 Å². The topological polar surface area (TPSA) is 130 Å². The number of amides is 2.